The van der Waals surface area contributed by atoms with Gasteiger partial charge in [0.25, 0.3) is 5.91 Å². The standard InChI is InChI=1S/C19H24N4O3/c1-13-8-6-7-11-16(13)20-17(24)12-26-19(25)18-14(2)21-23(22-18)15-9-4-3-5-10-15/h3-5,9-10,13,16H,6-8,11-12H2,1-2H3,(H,20,24)/t13-,16+/m0/s1. The molecule has 3 rings (SSSR count). The van der Waals surface area contributed by atoms with Crippen molar-refractivity contribution in [3.05, 3.63) is 41.7 Å². The van der Waals surface area contributed by atoms with Crippen LogP contribution in [-0.2, 0) is 9.53 Å². The highest BCUT2D eigenvalue weighted by molar-refractivity contribution is 5.90. The van der Waals surface area contributed by atoms with Crippen LogP contribution in [0.5, 0.6) is 0 Å². The van der Waals surface area contributed by atoms with Crippen molar-refractivity contribution in [3.63, 3.8) is 0 Å². The molecule has 1 saturated carbocycles. The lowest BCUT2D eigenvalue weighted by molar-refractivity contribution is -0.125. The van der Waals surface area contributed by atoms with Crippen LogP contribution in [0, 0.1) is 12.8 Å². The Balaban J connectivity index is 1.56. The number of esters is 1. The molecular formula is C19H24N4O3. The van der Waals surface area contributed by atoms with Crippen LogP contribution in [0.15, 0.2) is 30.3 Å². The maximum absolute atomic E-state index is 12.3. The van der Waals surface area contributed by atoms with E-state index < -0.39 is 5.97 Å². The number of nitrogens with zero attached hydrogens (tertiary/aromatic N) is 3. The highest BCUT2D eigenvalue weighted by Gasteiger charge is 2.24. The molecule has 1 aromatic heterocycles. The maximum Gasteiger partial charge on any atom is 0.361 e. The molecule has 1 N–H and O–H groups in total. The van der Waals surface area contributed by atoms with E-state index >= 15 is 0 Å². The van der Waals surface area contributed by atoms with Crippen molar-refractivity contribution >= 4 is 11.9 Å². The van der Waals surface area contributed by atoms with Crippen LogP contribution in [0.4, 0.5) is 0 Å². The number of benzene rings is 1. The Morgan fingerprint density at radius 1 is 1.19 bits per heavy atom. The molecule has 1 aliphatic carbocycles. The van der Waals surface area contributed by atoms with Gasteiger partial charge in [0, 0.05) is 6.04 Å². The van der Waals surface area contributed by atoms with Crippen LogP contribution in [0.2, 0.25) is 0 Å². The number of nitrogens with one attached hydrogen (secondary N) is 1. The summed E-state index contributed by atoms with van der Waals surface area (Å²) in [4.78, 5) is 25.7. The van der Waals surface area contributed by atoms with Crippen molar-refractivity contribution in [1.29, 1.82) is 0 Å². The molecule has 0 saturated heterocycles. The molecule has 26 heavy (non-hydrogen) atoms. The van der Waals surface area contributed by atoms with Gasteiger partial charge in [-0.3, -0.25) is 4.79 Å². The van der Waals surface area contributed by atoms with Gasteiger partial charge in [-0.15, -0.1) is 5.10 Å². The number of aromatic nitrogens is 3. The summed E-state index contributed by atoms with van der Waals surface area (Å²) < 4.78 is 5.13. The monoisotopic (exact) mass is 356 g/mol. The molecule has 7 nitrogen and oxygen atoms in total. The lowest BCUT2D eigenvalue weighted by Crippen LogP contribution is -2.42. The molecule has 0 radical (unpaired) electrons. The Kier molecular flexibility index (Phi) is 5.65. The second-order valence-electron chi connectivity index (χ2n) is 6.77. The van der Waals surface area contributed by atoms with Gasteiger partial charge in [0.1, 0.15) is 0 Å². The average molecular weight is 356 g/mol. The number of para-hydroxylation sites is 1. The van der Waals surface area contributed by atoms with Gasteiger partial charge < -0.3 is 10.1 Å². The molecule has 2 atom stereocenters. The van der Waals surface area contributed by atoms with Crippen molar-refractivity contribution in [2.24, 2.45) is 5.92 Å². The Morgan fingerprint density at radius 3 is 2.65 bits per heavy atom. The molecule has 1 aromatic carbocycles. The largest absolute Gasteiger partial charge is 0.451 e. The Bertz CT molecular complexity index is 772. The molecule has 1 heterocycles. The first-order chi connectivity index (χ1) is 12.5. The minimum Gasteiger partial charge on any atom is -0.451 e. The van der Waals surface area contributed by atoms with Crippen molar-refractivity contribution in [1.82, 2.24) is 20.3 Å². The Hall–Kier alpha value is -2.70. The molecule has 7 heteroatoms. The van der Waals surface area contributed by atoms with Gasteiger partial charge in [-0.2, -0.15) is 9.90 Å². The van der Waals surface area contributed by atoms with Gasteiger partial charge in [-0.25, -0.2) is 4.79 Å². The first-order valence-corrected chi connectivity index (χ1v) is 9.00. The van der Waals surface area contributed by atoms with E-state index in [0.717, 1.165) is 24.9 Å². The fraction of sp³-hybridized carbons (Fsp3) is 0.474. The summed E-state index contributed by atoms with van der Waals surface area (Å²) in [6.07, 6.45) is 4.42. The van der Waals surface area contributed by atoms with Crippen LogP contribution < -0.4 is 5.32 Å². The zero-order valence-corrected chi connectivity index (χ0v) is 15.1. The number of ether oxygens (including phenoxy) is 1. The van der Waals surface area contributed by atoms with E-state index in [-0.39, 0.29) is 24.2 Å². The number of amides is 1. The molecule has 0 unspecified atom stereocenters. The van der Waals surface area contributed by atoms with E-state index in [2.05, 4.69) is 22.4 Å². The van der Waals surface area contributed by atoms with Crippen molar-refractivity contribution in [3.8, 4) is 5.69 Å². The molecule has 1 amide bonds. The molecule has 0 bridgehead atoms. The number of rotatable bonds is 5. The van der Waals surface area contributed by atoms with Crippen LogP contribution in [0.25, 0.3) is 5.69 Å². The van der Waals surface area contributed by atoms with Gasteiger partial charge in [0.2, 0.25) is 0 Å². The van der Waals surface area contributed by atoms with E-state index in [1.165, 1.54) is 11.2 Å². The highest BCUT2D eigenvalue weighted by atomic mass is 16.5. The van der Waals surface area contributed by atoms with Crippen molar-refractivity contribution < 1.29 is 14.3 Å². The quantitative estimate of drug-likeness (QED) is 0.832. The molecule has 1 aliphatic rings. The van der Waals surface area contributed by atoms with E-state index in [4.69, 9.17) is 4.74 Å². The van der Waals surface area contributed by atoms with Crippen LogP contribution >= 0.6 is 0 Å². The molecule has 0 aliphatic heterocycles. The first kappa shape index (κ1) is 18.1. The summed E-state index contributed by atoms with van der Waals surface area (Å²) in [5, 5.41) is 11.4. The summed E-state index contributed by atoms with van der Waals surface area (Å²) in [5.41, 5.74) is 1.33. The average Bonchev–Trinajstić information content (AvgIpc) is 3.04. The summed E-state index contributed by atoms with van der Waals surface area (Å²) in [6.45, 7) is 3.52. The lowest BCUT2D eigenvalue weighted by Gasteiger charge is -2.29. The van der Waals surface area contributed by atoms with E-state index in [1.54, 1.807) is 6.92 Å². The third-order valence-corrected chi connectivity index (χ3v) is 4.75. The Labute approximate surface area is 152 Å². The van der Waals surface area contributed by atoms with Crippen molar-refractivity contribution in [2.75, 3.05) is 6.61 Å². The molecular weight excluding hydrogens is 332 g/mol. The van der Waals surface area contributed by atoms with Gasteiger partial charge >= 0.3 is 5.97 Å². The summed E-state index contributed by atoms with van der Waals surface area (Å²) >= 11 is 0. The predicted molar refractivity (Wildman–Crippen MR) is 95.9 cm³/mol. The van der Waals surface area contributed by atoms with Gasteiger partial charge in [-0.1, -0.05) is 38.0 Å². The minimum atomic E-state index is -0.642. The highest BCUT2D eigenvalue weighted by Crippen LogP contribution is 2.23. The zero-order chi connectivity index (χ0) is 18.5. The normalized spacial score (nSPS) is 19.8. The van der Waals surface area contributed by atoms with Gasteiger partial charge in [0.15, 0.2) is 12.3 Å². The van der Waals surface area contributed by atoms with Crippen LogP contribution in [-0.4, -0.2) is 39.5 Å². The third-order valence-electron chi connectivity index (χ3n) is 4.75. The van der Waals surface area contributed by atoms with Gasteiger partial charge in [0.05, 0.1) is 11.4 Å². The van der Waals surface area contributed by atoms with Crippen LogP contribution in [0.3, 0.4) is 0 Å². The van der Waals surface area contributed by atoms with Gasteiger partial charge in [-0.05, 0) is 37.8 Å². The van der Waals surface area contributed by atoms with Crippen molar-refractivity contribution in [2.45, 2.75) is 45.6 Å². The number of hydrogen-bond donors (Lipinski definition) is 1. The second kappa shape index (κ2) is 8.12. The van der Waals surface area contributed by atoms with E-state index in [9.17, 15) is 9.59 Å². The number of carbonyl (C=O) groups is 2. The van der Waals surface area contributed by atoms with E-state index in [1.807, 2.05) is 30.3 Å². The predicted octanol–water partition coefficient (Wildman–Crippen LogP) is 2.43. The fourth-order valence-electron chi connectivity index (χ4n) is 3.22. The maximum atomic E-state index is 12.3. The lowest BCUT2D eigenvalue weighted by atomic mass is 9.86. The SMILES string of the molecule is Cc1nn(-c2ccccc2)nc1C(=O)OCC(=O)N[C@@H]1CCCC[C@@H]1C. The second-order valence-corrected chi connectivity index (χ2v) is 6.77. The van der Waals surface area contributed by atoms with E-state index in [0.29, 0.717) is 11.6 Å². The summed E-state index contributed by atoms with van der Waals surface area (Å²) in [7, 11) is 0. The molecule has 2 aromatic rings. The Morgan fingerprint density at radius 2 is 1.92 bits per heavy atom. The summed E-state index contributed by atoms with van der Waals surface area (Å²) in [5.74, 6) is -0.460. The minimum absolute atomic E-state index is 0.118. The first-order valence-electron chi connectivity index (χ1n) is 9.00. The smallest absolute Gasteiger partial charge is 0.361 e. The number of aryl methyl sites for hydroxylation is 1. The fourth-order valence-corrected chi connectivity index (χ4v) is 3.22. The number of hydrogen-bond acceptors (Lipinski definition) is 5. The number of carbonyl (C=O) groups excluding carboxylic acids is 2. The zero-order valence-electron chi connectivity index (χ0n) is 15.1. The molecule has 0 spiro atoms. The van der Waals surface area contributed by atoms with Crippen LogP contribution in [0.1, 0.15) is 48.8 Å². The third kappa shape index (κ3) is 4.28. The molecule has 138 valence electrons. The summed E-state index contributed by atoms with van der Waals surface area (Å²) in [6, 6.07) is 9.46. The topological polar surface area (TPSA) is 86.1 Å². The molecule has 1 fully saturated rings.